The first-order chi connectivity index (χ1) is 9.38. The van der Waals surface area contributed by atoms with E-state index in [0.29, 0.717) is 6.10 Å². The Morgan fingerprint density at radius 1 is 0.947 bits per heavy atom. The smallest absolute Gasteiger partial charge is 0.0594 e. The van der Waals surface area contributed by atoms with Crippen molar-refractivity contribution in [3.8, 4) is 0 Å². The first-order valence-corrected chi connectivity index (χ1v) is 8.73. The van der Waals surface area contributed by atoms with Crippen molar-refractivity contribution in [2.45, 2.75) is 89.7 Å². The Morgan fingerprint density at radius 2 is 1.79 bits per heavy atom. The van der Waals surface area contributed by atoms with Crippen molar-refractivity contribution in [3.63, 3.8) is 0 Å². The van der Waals surface area contributed by atoms with Crippen LogP contribution in [0.25, 0.3) is 0 Å². The molecule has 2 heteroatoms. The summed E-state index contributed by atoms with van der Waals surface area (Å²) in [5, 5.41) is 3.72. The SMILES string of the molecule is CCCC1CCCC(NCCOC2CCCC2)CC1. The molecule has 112 valence electrons. The van der Waals surface area contributed by atoms with Crippen LogP contribution in [0, 0.1) is 5.92 Å². The Morgan fingerprint density at radius 3 is 2.58 bits per heavy atom. The third-order valence-electron chi connectivity index (χ3n) is 4.98. The van der Waals surface area contributed by atoms with Crippen molar-refractivity contribution in [1.29, 1.82) is 0 Å². The minimum Gasteiger partial charge on any atom is -0.377 e. The summed E-state index contributed by atoms with van der Waals surface area (Å²) in [6.45, 7) is 4.29. The molecule has 2 nitrogen and oxygen atoms in total. The summed E-state index contributed by atoms with van der Waals surface area (Å²) in [7, 11) is 0. The molecule has 0 bridgehead atoms. The molecule has 0 aromatic heterocycles. The number of hydrogen-bond acceptors (Lipinski definition) is 2. The van der Waals surface area contributed by atoms with Crippen LogP contribution in [0.4, 0.5) is 0 Å². The highest BCUT2D eigenvalue weighted by Gasteiger charge is 2.18. The Labute approximate surface area is 119 Å². The van der Waals surface area contributed by atoms with Crippen molar-refractivity contribution in [2.24, 2.45) is 5.92 Å². The molecule has 0 saturated heterocycles. The van der Waals surface area contributed by atoms with Gasteiger partial charge in [0.2, 0.25) is 0 Å². The number of hydrogen-bond donors (Lipinski definition) is 1. The van der Waals surface area contributed by atoms with Crippen LogP contribution < -0.4 is 5.32 Å². The predicted octanol–water partition coefficient (Wildman–Crippen LogP) is 4.28. The Bertz CT molecular complexity index is 225. The number of rotatable bonds is 7. The fraction of sp³-hybridized carbons (Fsp3) is 1.00. The molecule has 2 rings (SSSR count). The highest BCUT2D eigenvalue weighted by atomic mass is 16.5. The molecule has 2 fully saturated rings. The van der Waals surface area contributed by atoms with Crippen LogP contribution in [-0.2, 0) is 4.74 Å². The maximum absolute atomic E-state index is 5.92. The first-order valence-electron chi connectivity index (χ1n) is 8.73. The Kier molecular flexibility index (Phi) is 7.23. The van der Waals surface area contributed by atoms with E-state index in [1.54, 1.807) is 0 Å². The van der Waals surface area contributed by atoms with Gasteiger partial charge in [0.25, 0.3) is 0 Å². The van der Waals surface area contributed by atoms with Gasteiger partial charge in [-0.1, -0.05) is 45.4 Å². The monoisotopic (exact) mass is 267 g/mol. The lowest BCUT2D eigenvalue weighted by Gasteiger charge is -2.18. The molecule has 2 aliphatic rings. The summed E-state index contributed by atoms with van der Waals surface area (Å²) in [5.74, 6) is 1.01. The van der Waals surface area contributed by atoms with Crippen LogP contribution in [0.2, 0.25) is 0 Å². The maximum Gasteiger partial charge on any atom is 0.0594 e. The molecule has 2 aliphatic carbocycles. The number of nitrogens with one attached hydrogen (secondary N) is 1. The van der Waals surface area contributed by atoms with Crippen LogP contribution in [0.3, 0.4) is 0 Å². The summed E-state index contributed by atoms with van der Waals surface area (Å²) >= 11 is 0. The Balaban J connectivity index is 1.53. The molecule has 0 aliphatic heterocycles. The lowest BCUT2D eigenvalue weighted by Crippen LogP contribution is -2.32. The molecule has 2 saturated carbocycles. The molecular weight excluding hydrogens is 234 g/mol. The van der Waals surface area contributed by atoms with Gasteiger partial charge in [0.05, 0.1) is 12.7 Å². The van der Waals surface area contributed by atoms with E-state index in [1.165, 1.54) is 70.6 Å². The van der Waals surface area contributed by atoms with Crippen LogP contribution >= 0.6 is 0 Å². The zero-order chi connectivity index (χ0) is 13.3. The molecule has 0 radical (unpaired) electrons. The average Bonchev–Trinajstić information content (AvgIpc) is 2.83. The predicted molar refractivity (Wildman–Crippen MR) is 81.5 cm³/mol. The molecule has 0 spiro atoms. The van der Waals surface area contributed by atoms with E-state index in [-0.39, 0.29) is 0 Å². The molecule has 19 heavy (non-hydrogen) atoms. The Hall–Kier alpha value is -0.0800. The highest BCUT2D eigenvalue weighted by Crippen LogP contribution is 2.26. The lowest BCUT2D eigenvalue weighted by molar-refractivity contribution is 0.0588. The summed E-state index contributed by atoms with van der Waals surface area (Å²) in [5.41, 5.74) is 0. The summed E-state index contributed by atoms with van der Waals surface area (Å²) in [6.07, 6.45) is 15.8. The molecule has 2 unspecified atom stereocenters. The van der Waals surface area contributed by atoms with Gasteiger partial charge in [-0.3, -0.25) is 0 Å². The minimum absolute atomic E-state index is 0.574. The highest BCUT2D eigenvalue weighted by molar-refractivity contribution is 4.75. The standard InChI is InChI=1S/C17H33NO/c1-2-6-15-7-5-8-16(12-11-15)18-13-14-19-17-9-3-4-10-17/h15-18H,2-14H2,1H3. The molecule has 0 aromatic carbocycles. The largest absolute Gasteiger partial charge is 0.377 e. The zero-order valence-corrected chi connectivity index (χ0v) is 12.8. The second kappa shape index (κ2) is 8.97. The summed E-state index contributed by atoms with van der Waals surface area (Å²) in [6, 6.07) is 0.758. The third-order valence-corrected chi connectivity index (χ3v) is 4.98. The minimum atomic E-state index is 0.574. The summed E-state index contributed by atoms with van der Waals surface area (Å²) in [4.78, 5) is 0. The van der Waals surface area contributed by atoms with Crippen LogP contribution in [0.5, 0.6) is 0 Å². The average molecular weight is 267 g/mol. The van der Waals surface area contributed by atoms with E-state index in [1.807, 2.05) is 0 Å². The van der Waals surface area contributed by atoms with Gasteiger partial charge >= 0.3 is 0 Å². The van der Waals surface area contributed by atoms with E-state index in [9.17, 15) is 0 Å². The van der Waals surface area contributed by atoms with Crippen LogP contribution in [-0.4, -0.2) is 25.3 Å². The molecule has 2 atom stereocenters. The fourth-order valence-electron chi connectivity index (χ4n) is 3.82. The quantitative estimate of drug-likeness (QED) is 0.549. The van der Waals surface area contributed by atoms with E-state index in [4.69, 9.17) is 4.74 Å². The van der Waals surface area contributed by atoms with Crippen LogP contribution in [0.1, 0.15) is 77.6 Å². The zero-order valence-electron chi connectivity index (χ0n) is 12.8. The van der Waals surface area contributed by atoms with E-state index >= 15 is 0 Å². The van der Waals surface area contributed by atoms with Gasteiger partial charge in [-0.25, -0.2) is 0 Å². The fourth-order valence-corrected chi connectivity index (χ4v) is 3.82. The van der Waals surface area contributed by atoms with Gasteiger partial charge in [-0.2, -0.15) is 0 Å². The second-order valence-electron chi connectivity index (χ2n) is 6.59. The number of ether oxygens (including phenoxy) is 1. The van der Waals surface area contributed by atoms with Crippen molar-refractivity contribution in [1.82, 2.24) is 5.32 Å². The summed E-state index contributed by atoms with van der Waals surface area (Å²) < 4.78 is 5.92. The lowest BCUT2D eigenvalue weighted by atomic mass is 9.95. The van der Waals surface area contributed by atoms with Gasteiger partial charge in [-0.05, 0) is 38.0 Å². The van der Waals surface area contributed by atoms with Gasteiger partial charge in [0, 0.05) is 12.6 Å². The van der Waals surface area contributed by atoms with E-state index < -0.39 is 0 Å². The van der Waals surface area contributed by atoms with E-state index in [0.717, 1.165) is 25.1 Å². The van der Waals surface area contributed by atoms with Crippen LogP contribution in [0.15, 0.2) is 0 Å². The molecule has 0 heterocycles. The maximum atomic E-state index is 5.92. The molecule has 0 amide bonds. The third kappa shape index (κ3) is 5.83. The topological polar surface area (TPSA) is 21.3 Å². The van der Waals surface area contributed by atoms with Crippen molar-refractivity contribution < 1.29 is 4.74 Å². The van der Waals surface area contributed by atoms with Gasteiger partial charge in [-0.15, -0.1) is 0 Å². The van der Waals surface area contributed by atoms with Crippen molar-refractivity contribution in [3.05, 3.63) is 0 Å². The van der Waals surface area contributed by atoms with Crippen molar-refractivity contribution >= 4 is 0 Å². The molecular formula is C17H33NO. The first kappa shape index (κ1) is 15.3. The normalized spacial score (nSPS) is 29.5. The van der Waals surface area contributed by atoms with Gasteiger partial charge in [0.15, 0.2) is 0 Å². The van der Waals surface area contributed by atoms with Gasteiger partial charge in [0.1, 0.15) is 0 Å². The van der Waals surface area contributed by atoms with Gasteiger partial charge < -0.3 is 10.1 Å². The molecule has 0 aromatic rings. The second-order valence-corrected chi connectivity index (χ2v) is 6.59. The molecule has 1 N–H and O–H groups in total. The van der Waals surface area contributed by atoms with Crippen molar-refractivity contribution in [2.75, 3.05) is 13.2 Å². The van der Waals surface area contributed by atoms with E-state index in [2.05, 4.69) is 12.2 Å².